The van der Waals surface area contributed by atoms with Crippen LogP contribution in [0.1, 0.15) is 37.5 Å². The van der Waals surface area contributed by atoms with E-state index < -0.39 is 15.8 Å². The molecule has 5 heteroatoms. The summed E-state index contributed by atoms with van der Waals surface area (Å²) in [6, 6.07) is 9.46. The van der Waals surface area contributed by atoms with Crippen molar-refractivity contribution in [2.45, 2.75) is 44.9 Å². The van der Waals surface area contributed by atoms with Crippen molar-refractivity contribution in [1.29, 1.82) is 0 Å². The van der Waals surface area contributed by atoms with Crippen LogP contribution in [0.4, 0.5) is 10.1 Å². The van der Waals surface area contributed by atoms with Crippen LogP contribution in [0.3, 0.4) is 0 Å². The molecule has 2 aromatic rings. The van der Waals surface area contributed by atoms with Crippen LogP contribution in [0.15, 0.2) is 41.3 Å². The van der Waals surface area contributed by atoms with E-state index in [1.807, 2.05) is 26.8 Å². The molecule has 0 aliphatic carbocycles. The first-order chi connectivity index (χ1) is 10.5. The Morgan fingerprint density at radius 1 is 0.957 bits per heavy atom. The molecule has 0 unspecified atom stereocenters. The summed E-state index contributed by atoms with van der Waals surface area (Å²) in [5.41, 5.74) is 2.34. The molecule has 0 amide bonds. The van der Waals surface area contributed by atoms with Crippen LogP contribution in [0.25, 0.3) is 0 Å². The standard InChI is InChI=1S/C18H22FNO2S/c1-12-7-9-15(19)11-16(12)20-23(21,22)17-10-14(18(3,4)5)8-6-13(17)2/h6-11,20H,1-5H3. The highest BCUT2D eigenvalue weighted by atomic mass is 32.2. The second-order valence-corrected chi connectivity index (χ2v) is 8.45. The zero-order chi connectivity index (χ0) is 17.4. The molecule has 0 aliphatic heterocycles. The second-order valence-electron chi connectivity index (χ2n) is 6.80. The maximum Gasteiger partial charge on any atom is 0.262 e. The van der Waals surface area contributed by atoms with Gasteiger partial charge in [0.25, 0.3) is 10.0 Å². The van der Waals surface area contributed by atoms with Gasteiger partial charge in [0.15, 0.2) is 0 Å². The topological polar surface area (TPSA) is 46.2 Å². The van der Waals surface area contributed by atoms with E-state index in [0.29, 0.717) is 11.1 Å². The lowest BCUT2D eigenvalue weighted by atomic mass is 9.87. The molecule has 0 bridgehead atoms. The molecule has 0 spiro atoms. The Balaban J connectivity index is 2.50. The van der Waals surface area contributed by atoms with Gasteiger partial charge in [-0.3, -0.25) is 4.72 Å². The summed E-state index contributed by atoms with van der Waals surface area (Å²) in [5.74, 6) is -0.478. The van der Waals surface area contributed by atoms with Crippen LogP contribution in [0.5, 0.6) is 0 Å². The molecule has 0 saturated carbocycles. The summed E-state index contributed by atoms with van der Waals surface area (Å²) in [6.45, 7) is 9.56. The summed E-state index contributed by atoms with van der Waals surface area (Å²) in [7, 11) is -3.78. The van der Waals surface area contributed by atoms with Gasteiger partial charge in [0.1, 0.15) is 5.82 Å². The zero-order valence-electron chi connectivity index (χ0n) is 14.1. The number of halogens is 1. The van der Waals surface area contributed by atoms with Crippen LogP contribution in [0.2, 0.25) is 0 Å². The molecule has 0 fully saturated rings. The van der Waals surface area contributed by atoms with Crippen LogP contribution in [-0.2, 0) is 15.4 Å². The molecule has 0 heterocycles. The van der Waals surface area contributed by atoms with Gasteiger partial charge >= 0.3 is 0 Å². The Labute approximate surface area is 137 Å². The van der Waals surface area contributed by atoms with Gasteiger partial charge in [-0.2, -0.15) is 0 Å². The summed E-state index contributed by atoms with van der Waals surface area (Å²) in [4.78, 5) is 0.216. The molecule has 0 radical (unpaired) electrons. The van der Waals surface area contributed by atoms with E-state index in [9.17, 15) is 12.8 Å². The first-order valence-corrected chi connectivity index (χ1v) is 8.89. The molecule has 0 saturated heterocycles. The third-order valence-corrected chi connectivity index (χ3v) is 5.30. The van der Waals surface area contributed by atoms with Gasteiger partial charge in [-0.05, 0) is 54.2 Å². The quantitative estimate of drug-likeness (QED) is 0.895. The van der Waals surface area contributed by atoms with E-state index in [1.165, 1.54) is 12.1 Å². The lowest BCUT2D eigenvalue weighted by Crippen LogP contribution is -2.18. The smallest absolute Gasteiger partial charge is 0.262 e. The van der Waals surface area contributed by atoms with Crippen molar-refractivity contribution in [3.8, 4) is 0 Å². The minimum atomic E-state index is -3.78. The van der Waals surface area contributed by atoms with Gasteiger partial charge < -0.3 is 0 Å². The predicted molar refractivity (Wildman–Crippen MR) is 91.8 cm³/mol. The van der Waals surface area contributed by atoms with Crippen molar-refractivity contribution in [1.82, 2.24) is 0 Å². The Hall–Kier alpha value is -1.88. The molecule has 2 rings (SSSR count). The zero-order valence-corrected chi connectivity index (χ0v) is 14.9. The van der Waals surface area contributed by atoms with E-state index in [1.54, 1.807) is 32.0 Å². The number of anilines is 1. The van der Waals surface area contributed by atoms with Gasteiger partial charge in [0.2, 0.25) is 0 Å². The summed E-state index contributed by atoms with van der Waals surface area (Å²) >= 11 is 0. The molecule has 0 aromatic heterocycles. The largest absolute Gasteiger partial charge is 0.279 e. The molecular formula is C18H22FNO2S. The van der Waals surface area contributed by atoms with Crippen molar-refractivity contribution in [3.63, 3.8) is 0 Å². The summed E-state index contributed by atoms with van der Waals surface area (Å²) in [5, 5.41) is 0. The highest BCUT2D eigenvalue weighted by Gasteiger charge is 2.22. The van der Waals surface area contributed by atoms with E-state index >= 15 is 0 Å². The van der Waals surface area contributed by atoms with E-state index in [2.05, 4.69) is 4.72 Å². The van der Waals surface area contributed by atoms with E-state index in [4.69, 9.17) is 0 Å². The van der Waals surface area contributed by atoms with Gasteiger partial charge in [-0.15, -0.1) is 0 Å². The van der Waals surface area contributed by atoms with Gasteiger partial charge in [-0.25, -0.2) is 12.8 Å². The fourth-order valence-corrected chi connectivity index (χ4v) is 3.65. The summed E-state index contributed by atoms with van der Waals surface area (Å²) < 4.78 is 41.3. The minimum absolute atomic E-state index is 0.160. The number of aryl methyl sites for hydroxylation is 2. The van der Waals surface area contributed by atoms with Gasteiger partial charge in [0.05, 0.1) is 10.6 Å². The van der Waals surface area contributed by atoms with Gasteiger partial charge in [0, 0.05) is 0 Å². The predicted octanol–water partition coefficient (Wildman–Crippen LogP) is 4.54. The van der Waals surface area contributed by atoms with Gasteiger partial charge in [-0.1, -0.05) is 39.0 Å². The number of rotatable bonds is 3. The van der Waals surface area contributed by atoms with Crippen LogP contribution >= 0.6 is 0 Å². The average Bonchev–Trinajstić information content (AvgIpc) is 2.41. The number of nitrogens with one attached hydrogen (secondary N) is 1. The van der Waals surface area contributed by atoms with Crippen molar-refractivity contribution in [3.05, 3.63) is 58.9 Å². The highest BCUT2D eigenvalue weighted by molar-refractivity contribution is 7.92. The maximum absolute atomic E-state index is 13.4. The minimum Gasteiger partial charge on any atom is -0.279 e. The fraction of sp³-hybridized carbons (Fsp3) is 0.333. The molecule has 124 valence electrons. The second kappa shape index (κ2) is 5.96. The van der Waals surface area contributed by atoms with Crippen molar-refractivity contribution >= 4 is 15.7 Å². The number of benzene rings is 2. The maximum atomic E-state index is 13.4. The highest BCUT2D eigenvalue weighted by Crippen LogP contribution is 2.28. The average molecular weight is 335 g/mol. The van der Waals surface area contributed by atoms with Crippen LogP contribution in [-0.4, -0.2) is 8.42 Å². The Morgan fingerprint density at radius 3 is 2.17 bits per heavy atom. The Kier molecular flexibility index (Phi) is 4.53. The first-order valence-electron chi connectivity index (χ1n) is 7.41. The SMILES string of the molecule is Cc1ccc(F)cc1NS(=O)(=O)c1cc(C(C)(C)C)ccc1C. The molecule has 1 N–H and O–H groups in total. The number of sulfonamides is 1. The third-order valence-electron chi connectivity index (χ3n) is 3.79. The van der Waals surface area contributed by atoms with Crippen molar-refractivity contribution < 1.29 is 12.8 Å². The van der Waals surface area contributed by atoms with E-state index in [0.717, 1.165) is 5.56 Å². The Morgan fingerprint density at radius 2 is 1.57 bits per heavy atom. The number of hydrogen-bond acceptors (Lipinski definition) is 2. The molecular weight excluding hydrogens is 313 g/mol. The lowest BCUT2D eigenvalue weighted by Gasteiger charge is -2.21. The molecule has 3 nitrogen and oxygen atoms in total. The van der Waals surface area contributed by atoms with Crippen LogP contribution < -0.4 is 4.72 Å². The van der Waals surface area contributed by atoms with E-state index in [-0.39, 0.29) is 16.0 Å². The first kappa shape index (κ1) is 17.5. The van der Waals surface area contributed by atoms with Crippen molar-refractivity contribution in [2.24, 2.45) is 0 Å². The normalized spacial score (nSPS) is 12.3. The van der Waals surface area contributed by atoms with Crippen molar-refractivity contribution in [2.75, 3.05) is 4.72 Å². The summed E-state index contributed by atoms with van der Waals surface area (Å²) in [6.07, 6.45) is 0. The van der Waals surface area contributed by atoms with Crippen LogP contribution in [0, 0.1) is 19.7 Å². The molecule has 23 heavy (non-hydrogen) atoms. The molecule has 2 aromatic carbocycles. The molecule has 0 aliphatic rings. The monoisotopic (exact) mass is 335 g/mol. The lowest BCUT2D eigenvalue weighted by molar-refractivity contribution is 0.584. The Bertz CT molecular complexity index is 837. The fourth-order valence-electron chi connectivity index (χ4n) is 2.26. The third kappa shape index (κ3) is 3.91. The number of hydrogen-bond donors (Lipinski definition) is 1. The molecule has 0 atom stereocenters.